The van der Waals surface area contributed by atoms with Crippen molar-refractivity contribution in [1.29, 1.82) is 0 Å². The van der Waals surface area contributed by atoms with Crippen LogP contribution >= 0.6 is 11.3 Å². The summed E-state index contributed by atoms with van der Waals surface area (Å²) in [6, 6.07) is 9.00. The molecule has 2 heterocycles. The Labute approximate surface area is 69.3 Å². The first-order chi connectivity index (χ1) is 5.47. The van der Waals surface area contributed by atoms with Gasteiger partial charge in [-0.15, -0.1) is 11.3 Å². The Kier molecular flexibility index (Phi) is 1.69. The van der Waals surface area contributed by atoms with Crippen molar-refractivity contribution in [3.63, 3.8) is 0 Å². The molecule has 0 amide bonds. The Bertz CT molecular complexity index is 313. The summed E-state index contributed by atoms with van der Waals surface area (Å²) >= 11 is 1.72. The minimum absolute atomic E-state index is 1.14. The molecule has 2 heteroatoms. The molecule has 1 radical (unpaired) electrons. The molecule has 11 heavy (non-hydrogen) atoms. The molecule has 0 unspecified atom stereocenters. The largest absolute Gasteiger partial charge is 0.263 e. The molecule has 0 saturated carbocycles. The maximum absolute atomic E-state index is 3.99. The average Bonchev–Trinajstić information content (AvgIpc) is 2.58. The normalized spacial score (nSPS) is 9.82. The van der Waals surface area contributed by atoms with E-state index in [0.29, 0.717) is 0 Å². The third-order valence-electron chi connectivity index (χ3n) is 1.41. The van der Waals surface area contributed by atoms with E-state index in [0.717, 1.165) is 5.56 Å². The summed E-state index contributed by atoms with van der Waals surface area (Å²) in [5, 5.41) is 2.06. The van der Waals surface area contributed by atoms with E-state index in [1.54, 1.807) is 17.5 Å². The molecule has 2 aromatic heterocycles. The number of thiophene rings is 1. The minimum atomic E-state index is 1.14. The quantitative estimate of drug-likeness (QED) is 0.625. The molecule has 0 fully saturated rings. The number of hydrogen-bond donors (Lipinski definition) is 0. The Morgan fingerprint density at radius 2 is 2.45 bits per heavy atom. The zero-order valence-electron chi connectivity index (χ0n) is 5.82. The predicted molar refractivity (Wildman–Crippen MR) is 46.4 cm³/mol. The molecular formula is C9H6NS. The van der Waals surface area contributed by atoms with Gasteiger partial charge in [0.2, 0.25) is 0 Å². The summed E-state index contributed by atoms with van der Waals surface area (Å²) in [5.41, 5.74) is 1.14. The van der Waals surface area contributed by atoms with Gasteiger partial charge in [-0.25, -0.2) is 0 Å². The Balaban J connectivity index is 2.46. The number of pyridine rings is 1. The molecule has 0 aliphatic carbocycles. The maximum atomic E-state index is 3.99. The summed E-state index contributed by atoms with van der Waals surface area (Å²) < 4.78 is 0. The molecule has 0 aromatic carbocycles. The van der Waals surface area contributed by atoms with E-state index in [-0.39, 0.29) is 0 Å². The molecule has 2 aromatic rings. The second-order valence-electron chi connectivity index (χ2n) is 2.15. The van der Waals surface area contributed by atoms with Gasteiger partial charge < -0.3 is 0 Å². The lowest BCUT2D eigenvalue weighted by atomic mass is 10.2. The van der Waals surface area contributed by atoms with Crippen molar-refractivity contribution in [2.24, 2.45) is 0 Å². The van der Waals surface area contributed by atoms with Crippen LogP contribution in [0.15, 0.2) is 36.0 Å². The predicted octanol–water partition coefficient (Wildman–Crippen LogP) is 2.61. The fraction of sp³-hybridized carbons (Fsp3) is 0. The van der Waals surface area contributed by atoms with Crippen molar-refractivity contribution < 1.29 is 0 Å². The summed E-state index contributed by atoms with van der Waals surface area (Å²) in [7, 11) is 0. The molecule has 0 bridgehead atoms. The first-order valence-electron chi connectivity index (χ1n) is 3.32. The van der Waals surface area contributed by atoms with E-state index in [2.05, 4.69) is 22.5 Å². The van der Waals surface area contributed by atoms with Gasteiger partial charge in [-0.2, -0.15) is 0 Å². The van der Waals surface area contributed by atoms with Gasteiger partial charge >= 0.3 is 0 Å². The molecule has 0 spiro atoms. The van der Waals surface area contributed by atoms with E-state index in [1.165, 1.54) is 4.88 Å². The standard InChI is InChI=1S/C9H6NS/c1-3-8(7-10-5-1)9-4-2-6-11-9/h2-7H. The molecule has 0 aliphatic heterocycles. The fourth-order valence-corrected chi connectivity index (χ4v) is 1.61. The average molecular weight is 160 g/mol. The van der Waals surface area contributed by atoms with Gasteiger partial charge in [0, 0.05) is 28.9 Å². The zero-order valence-corrected chi connectivity index (χ0v) is 6.64. The van der Waals surface area contributed by atoms with Crippen molar-refractivity contribution in [2.45, 2.75) is 0 Å². The Morgan fingerprint density at radius 3 is 3.09 bits per heavy atom. The highest BCUT2D eigenvalue weighted by Gasteiger charge is 1.95. The summed E-state index contributed by atoms with van der Waals surface area (Å²) in [6.07, 6.45) is 3.51. The van der Waals surface area contributed by atoms with Gasteiger partial charge in [-0.05, 0) is 17.5 Å². The van der Waals surface area contributed by atoms with Gasteiger partial charge in [-0.3, -0.25) is 4.98 Å². The molecule has 0 N–H and O–H groups in total. The van der Waals surface area contributed by atoms with E-state index < -0.39 is 0 Å². The lowest BCUT2D eigenvalue weighted by Gasteiger charge is -1.92. The molecule has 2 rings (SSSR count). The van der Waals surface area contributed by atoms with Crippen LogP contribution in [0.3, 0.4) is 0 Å². The topological polar surface area (TPSA) is 12.9 Å². The molecule has 0 saturated heterocycles. The smallest absolute Gasteiger partial charge is 0.0358 e. The van der Waals surface area contributed by atoms with Gasteiger partial charge in [0.1, 0.15) is 0 Å². The van der Waals surface area contributed by atoms with Crippen LogP contribution in [0.4, 0.5) is 0 Å². The molecule has 0 aliphatic rings. The lowest BCUT2D eigenvalue weighted by Crippen LogP contribution is -1.72. The zero-order chi connectivity index (χ0) is 7.52. The van der Waals surface area contributed by atoms with E-state index in [9.17, 15) is 0 Å². The van der Waals surface area contributed by atoms with Gasteiger partial charge in [-0.1, -0.05) is 6.07 Å². The van der Waals surface area contributed by atoms with Crippen molar-refractivity contribution in [3.8, 4) is 10.4 Å². The van der Waals surface area contributed by atoms with Gasteiger partial charge in [0.15, 0.2) is 0 Å². The summed E-state index contributed by atoms with van der Waals surface area (Å²) in [4.78, 5) is 5.24. The van der Waals surface area contributed by atoms with Crippen LogP contribution in [0.25, 0.3) is 10.4 Å². The first kappa shape index (κ1) is 6.55. The van der Waals surface area contributed by atoms with Crippen molar-refractivity contribution in [2.75, 3.05) is 0 Å². The summed E-state index contributed by atoms with van der Waals surface area (Å²) in [5.74, 6) is 0. The van der Waals surface area contributed by atoms with Gasteiger partial charge in [0.25, 0.3) is 0 Å². The van der Waals surface area contributed by atoms with Crippen LogP contribution in [-0.4, -0.2) is 4.98 Å². The number of aromatic nitrogens is 1. The van der Waals surface area contributed by atoms with E-state index in [1.807, 2.05) is 18.3 Å². The monoisotopic (exact) mass is 160 g/mol. The highest BCUT2D eigenvalue weighted by molar-refractivity contribution is 7.13. The van der Waals surface area contributed by atoms with Crippen LogP contribution < -0.4 is 0 Å². The highest BCUT2D eigenvalue weighted by atomic mass is 32.1. The van der Waals surface area contributed by atoms with Crippen LogP contribution in [0.5, 0.6) is 0 Å². The SMILES string of the molecule is [c]1cncc(-c2cccs2)c1. The molecule has 1 nitrogen and oxygen atoms in total. The number of hydrogen-bond acceptors (Lipinski definition) is 2. The summed E-state index contributed by atoms with van der Waals surface area (Å²) in [6.45, 7) is 0. The second kappa shape index (κ2) is 2.84. The maximum Gasteiger partial charge on any atom is 0.0358 e. The van der Waals surface area contributed by atoms with Crippen molar-refractivity contribution >= 4 is 11.3 Å². The van der Waals surface area contributed by atoms with Crippen LogP contribution in [0.1, 0.15) is 0 Å². The van der Waals surface area contributed by atoms with E-state index in [4.69, 9.17) is 0 Å². The highest BCUT2D eigenvalue weighted by Crippen LogP contribution is 2.22. The second-order valence-corrected chi connectivity index (χ2v) is 3.10. The van der Waals surface area contributed by atoms with Crippen molar-refractivity contribution in [1.82, 2.24) is 4.98 Å². The van der Waals surface area contributed by atoms with Crippen LogP contribution in [-0.2, 0) is 0 Å². The Hall–Kier alpha value is -1.15. The van der Waals surface area contributed by atoms with Crippen molar-refractivity contribution in [3.05, 3.63) is 42.0 Å². The molecular weight excluding hydrogens is 154 g/mol. The third kappa shape index (κ3) is 1.30. The fourth-order valence-electron chi connectivity index (χ4n) is 0.902. The lowest BCUT2D eigenvalue weighted by molar-refractivity contribution is 1.33. The van der Waals surface area contributed by atoms with Crippen LogP contribution in [0.2, 0.25) is 0 Å². The molecule has 0 atom stereocenters. The van der Waals surface area contributed by atoms with Gasteiger partial charge in [0.05, 0.1) is 0 Å². The number of nitrogens with zero attached hydrogens (tertiary/aromatic N) is 1. The number of rotatable bonds is 1. The third-order valence-corrected chi connectivity index (χ3v) is 2.33. The van der Waals surface area contributed by atoms with Crippen LogP contribution in [0, 0.1) is 6.07 Å². The van der Waals surface area contributed by atoms with E-state index >= 15 is 0 Å². The Morgan fingerprint density at radius 1 is 1.45 bits per heavy atom. The molecule has 53 valence electrons. The first-order valence-corrected chi connectivity index (χ1v) is 4.20. The minimum Gasteiger partial charge on any atom is -0.263 e.